The van der Waals surface area contributed by atoms with Crippen molar-refractivity contribution in [3.05, 3.63) is 40.0 Å². The largest absolute Gasteiger partial charge is 0.356 e. The Morgan fingerprint density at radius 2 is 2.36 bits per heavy atom. The van der Waals surface area contributed by atoms with Gasteiger partial charge in [0.1, 0.15) is 0 Å². The van der Waals surface area contributed by atoms with Crippen LogP contribution in [0.5, 0.6) is 0 Å². The summed E-state index contributed by atoms with van der Waals surface area (Å²) in [7, 11) is 0. The fraction of sp³-hybridized carbons (Fsp3) is 0.333. The number of nitrogens with zero attached hydrogens (tertiary/aromatic N) is 3. The van der Waals surface area contributed by atoms with E-state index in [0.29, 0.717) is 28.8 Å². The fourth-order valence-corrected chi connectivity index (χ4v) is 3.57. The maximum absolute atomic E-state index is 10.9. The van der Waals surface area contributed by atoms with Crippen LogP contribution in [0.2, 0.25) is 5.02 Å². The second-order valence-electron chi connectivity index (χ2n) is 5.47. The summed E-state index contributed by atoms with van der Waals surface area (Å²) in [6.45, 7) is 1.90. The van der Waals surface area contributed by atoms with Crippen molar-refractivity contribution < 1.29 is 14.6 Å². The van der Waals surface area contributed by atoms with Crippen LogP contribution in [0.25, 0.3) is 0 Å². The van der Waals surface area contributed by atoms with Crippen LogP contribution in [0.4, 0.5) is 0 Å². The summed E-state index contributed by atoms with van der Waals surface area (Å²) in [4.78, 5) is 10.9. The van der Waals surface area contributed by atoms with Crippen LogP contribution >= 0.6 is 23.4 Å². The number of carbonyl (C=O) groups is 1. The summed E-state index contributed by atoms with van der Waals surface area (Å²) in [5, 5.41) is 30.7. The number of thioether (sulfide) groups is 1. The van der Waals surface area contributed by atoms with Crippen molar-refractivity contribution in [2.45, 2.75) is 24.4 Å². The number of benzene rings is 1. The van der Waals surface area contributed by atoms with E-state index < -0.39 is 0 Å². The molecule has 1 amide bonds. The minimum Gasteiger partial charge on any atom is -0.356 e. The zero-order valence-corrected chi connectivity index (χ0v) is 14.9. The zero-order chi connectivity index (χ0) is 18.0. The number of nitrogens with one attached hydrogen (secondary N) is 2. The molecule has 2 aromatic rings. The second-order valence-corrected chi connectivity index (χ2v) is 6.96. The van der Waals surface area contributed by atoms with Crippen LogP contribution in [-0.4, -0.2) is 44.6 Å². The average Bonchev–Trinajstić information content (AvgIpc) is 3.01. The number of carbonyl (C=O) groups excluding carboxylic acids is 1. The highest BCUT2D eigenvalue weighted by atomic mass is 35.5. The molecule has 3 N–H and O–H groups in total. The number of aromatic nitrogens is 2. The van der Waals surface area contributed by atoms with Crippen LogP contribution in [-0.2, 0) is 11.2 Å². The molecule has 8 nitrogen and oxygen atoms in total. The predicted molar refractivity (Wildman–Crippen MR) is 92.1 cm³/mol. The molecule has 0 bridgehead atoms. The summed E-state index contributed by atoms with van der Waals surface area (Å²) in [6.07, 6.45) is 0.546. The summed E-state index contributed by atoms with van der Waals surface area (Å²) < 4.78 is 4.71. The highest BCUT2D eigenvalue weighted by molar-refractivity contribution is 7.99. The summed E-state index contributed by atoms with van der Waals surface area (Å²) >= 11 is 7.39. The van der Waals surface area contributed by atoms with Crippen molar-refractivity contribution in [3.8, 4) is 0 Å². The molecule has 1 aliphatic carbocycles. The lowest BCUT2D eigenvalue weighted by Crippen LogP contribution is -2.38. The van der Waals surface area contributed by atoms with Gasteiger partial charge >= 0.3 is 0 Å². The monoisotopic (exact) mass is 381 g/mol. The second kappa shape index (κ2) is 7.42. The Labute approximate surface area is 153 Å². The van der Waals surface area contributed by atoms with Gasteiger partial charge in [-0.2, -0.15) is 0 Å². The van der Waals surface area contributed by atoms with E-state index in [1.165, 1.54) is 18.7 Å². The Balaban J connectivity index is 1.66. The zero-order valence-electron chi connectivity index (χ0n) is 13.3. The van der Waals surface area contributed by atoms with Gasteiger partial charge in [-0.25, -0.2) is 9.69 Å². The molecule has 1 atom stereocenters. The quantitative estimate of drug-likeness (QED) is 0.231. The molecular formula is C15H16ClN5O3S. The smallest absolute Gasteiger partial charge is 0.216 e. The van der Waals surface area contributed by atoms with Gasteiger partial charge in [0.25, 0.3) is 0 Å². The molecule has 1 aliphatic rings. The normalized spacial score (nSPS) is 15.2. The Hall–Kier alpha value is -2.10. The molecule has 0 fully saturated rings. The average molecular weight is 382 g/mol. The van der Waals surface area contributed by atoms with Crippen molar-refractivity contribution in [2.24, 2.45) is 0 Å². The Morgan fingerprint density at radius 1 is 1.56 bits per heavy atom. The Bertz CT molecular complexity index is 812. The number of amides is 1. The topological polar surface area (TPSA) is 115 Å². The lowest BCUT2D eigenvalue weighted by atomic mass is 9.83. The summed E-state index contributed by atoms with van der Waals surface area (Å²) in [5.41, 5.74) is 2.02. The van der Waals surface area contributed by atoms with E-state index in [0.717, 1.165) is 16.2 Å². The lowest BCUT2D eigenvalue weighted by Gasteiger charge is -2.36. The van der Waals surface area contributed by atoms with Crippen LogP contribution < -0.4 is 5.32 Å². The number of hydrogen-bond donors (Lipinski definition) is 3. The maximum atomic E-state index is 10.9. The molecule has 0 saturated carbocycles. The fourth-order valence-electron chi connectivity index (χ4n) is 2.55. The van der Waals surface area contributed by atoms with Crippen molar-refractivity contribution in [2.75, 3.05) is 12.3 Å². The van der Waals surface area contributed by atoms with Crippen molar-refractivity contribution in [3.63, 3.8) is 0 Å². The van der Waals surface area contributed by atoms with Gasteiger partial charge in [0.2, 0.25) is 5.91 Å². The molecule has 132 valence electrons. The van der Waals surface area contributed by atoms with Crippen LogP contribution in [0.3, 0.4) is 0 Å². The first-order chi connectivity index (χ1) is 12.0. The van der Waals surface area contributed by atoms with Gasteiger partial charge in [-0.3, -0.25) is 15.4 Å². The number of halogens is 1. The molecule has 0 aliphatic heterocycles. The molecule has 1 aromatic heterocycles. The molecule has 25 heavy (non-hydrogen) atoms. The minimum atomic E-state index is -0.352. The summed E-state index contributed by atoms with van der Waals surface area (Å²) in [5.74, 6) is 0.232. The van der Waals surface area contributed by atoms with Gasteiger partial charge in [0, 0.05) is 30.7 Å². The van der Waals surface area contributed by atoms with Gasteiger partial charge in [-0.05, 0) is 27.5 Å². The van der Waals surface area contributed by atoms with Crippen LogP contribution in [0, 0.1) is 5.41 Å². The SMILES string of the molecule is CC(=O)NCCSc1nonc1C(=N)N(O)C1Cc2c(Cl)cccc21. The number of amidine groups is 1. The van der Waals surface area contributed by atoms with E-state index in [1.807, 2.05) is 12.1 Å². The molecule has 0 radical (unpaired) electrons. The van der Waals surface area contributed by atoms with E-state index in [-0.39, 0.29) is 23.5 Å². The minimum absolute atomic E-state index is 0.115. The van der Waals surface area contributed by atoms with Crippen molar-refractivity contribution >= 4 is 35.1 Å². The Morgan fingerprint density at radius 3 is 3.12 bits per heavy atom. The van der Waals surface area contributed by atoms with Crippen molar-refractivity contribution in [1.82, 2.24) is 20.7 Å². The standard InChI is InChI=1S/C15H16ClN5O3S/c1-8(22)18-5-6-25-15-13(19-24-20-15)14(17)21(23)12-7-10-9(12)3-2-4-11(10)16/h2-4,12,17,23H,5-7H2,1H3,(H,18,22). The lowest BCUT2D eigenvalue weighted by molar-refractivity contribution is -0.118. The number of hydroxylamine groups is 2. The third kappa shape index (κ3) is 3.63. The first-order valence-electron chi connectivity index (χ1n) is 7.53. The molecule has 3 rings (SSSR count). The highest BCUT2D eigenvalue weighted by Gasteiger charge is 2.35. The number of fused-ring (bicyclic) bond motifs is 1. The van der Waals surface area contributed by atoms with Gasteiger partial charge in [-0.15, -0.1) is 0 Å². The van der Waals surface area contributed by atoms with E-state index in [2.05, 4.69) is 15.6 Å². The molecular weight excluding hydrogens is 366 g/mol. The first-order valence-corrected chi connectivity index (χ1v) is 8.89. The van der Waals surface area contributed by atoms with Crippen LogP contribution in [0.1, 0.15) is 29.8 Å². The Kier molecular flexibility index (Phi) is 5.26. The molecule has 0 saturated heterocycles. The van der Waals surface area contributed by atoms with E-state index >= 15 is 0 Å². The molecule has 0 spiro atoms. The van der Waals surface area contributed by atoms with Gasteiger partial charge in [0.15, 0.2) is 16.6 Å². The molecule has 1 unspecified atom stereocenters. The molecule has 10 heteroatoms. The van der Waals surface area contributed by atoms with Gasteiger partial charge in [0.05, 0.1) is 6.04 Å². The number of hydrogen-bond acceptors (Lipinski definition) is 7. The van der Waals surface area contributed by atoms with Crippen LogP contribution in [0.15, 0.2) is 27.9 Å². The van der Waals surface area contributed by atoms with Gasteiger partial charge < -0.3 is 5.32 Å². The first kappa shape index (κ1) is 17.7. The summed E-state index contributed by atoms with van der Waals surface area (Å²) in [6, 6.07) is 5.13. The van der Waals surface area contributed by atoms with Crippen molar-refractivity contribution in [1.29, 1.82) is 5.41 Å². The number of rotatable bonds is 6. The third-order valence-electron chi connectivity index (χ3n) is 3.83. The molecule has 1 heterocycles. The van der Waals surface area contributed by atoms with E-state index in [1.54, 1.807) is 6.07 Å². The molecule has 1 aromatic carbocycles. The van der Waals surface area contributed by atoms with Gasteiger partial charge in [-0.1, -0.05) is 35.5 Å². The van der Waals surface area contributed by atoms with E-state index in [9.17, 15) is 10.0 Å². The van der Waals surface area contributed by atoms with E-state index in [4.69, 9.17) is 21.6 Å². The highest BCUT2D eigenvalue weighted by Crippen LogP contribution is 2.41. The third-order valence-corrected chi connectivity index (χ3v) is 5.14. The maximum Gasteiger partial charge on any atom is 0.216 e. The predicted octanol–water partition coefficient (Wildman–Crippen LogP) is 2.27.